The lowest BCUT2D eigenvalue weighted by atomic mass is 10.1. The molecule has 2 rings (SSSR count). The second-order valence-electron chi connectivity index (χ2n) is 6.91. The number of fused-ring (bicyclic) bond motifs is 1. The van der Waals surface area contributed by atoms with E-state index in [-0.39, 0.29) is 22.2 Å². The van der Waals surface area contributed by atoms with E-state index in [2.05, 4.69) is 4.74 Å². The van der Waals surface area contributed by atoms with E-state index < -0.39 is 55.6 Å². The Morgan fingerprint density at radius 2 is 1.44 bits per heavy atom. The van der Waals surface area contributed by atoms with Crippen LogP contribution in [0.1, 0.15) is 19.3 Å². The van der Waals surface area contributed by atoms with Crippen LogP contribution in [0.2, 0.25) is 10.0 Å². The second kappa shape index (κ2) is 10.5. The third-order valence-electron chi connectivity index (χ3n) is 4.44. The molecule has 0 aliphatic heterocycles. The van der Waals surface area contributed by atoms with Crippen molar-refractivity contribution in [2.45, 2.75) is 43.5 Å². The summed E-state index contributed by atoms with van der Waals surface area (Å²) in [6.07, 6.45) is -6.69. The highest BCUT2D eigenvalue weighted by Crippen LogP contribution is 2.48. The first-order valence-electron chi connectivity index (χ1n) is 9.26. The van der Waals surface area contributed by atoms with Crippen LogP contribution in [-0.4, -0.2) is 42.7 Å². The fourth-order valence-corrected chi connectivity index (χ4v) is 3.21. The molecule has 0 radical (unpaired) electrons. The number of alkyl halides is 8. The third-order valence-corrected chi connectivity index (χ3v) is 5.04. The Morgan fingerprint density at radius 1 is 0.882 bits per heavy atom. The van der Waals surface area contributed by atoms with Crippen molar-refractivity contribution >= 4 is 45.9 Å². The number of rotatable bonds is 10. The van der Waals surface area contributed by atoms with Crippen molar-refractivity contribution in [2.24, 2.45) is 0 Å². The predicted octanol–water partition coefficient (Wildman–Crippen LogP) is 6.94. The molecule has 0 aromatic heterocycles. The van der Waals surface area contributed by atoms with Crippen molar-refractivity contribution in [2.75, 3.05) is 6.61 Å². The highest BCUT2D eigenvalue weighted by molar-refractivity contribution is 6.40. The van der Waals surface area contributed by atoms with Gasteiger partial charge in [-0.2, -0.15) is 26.3 Å². The zero-order valence-corrected chi connectivity index (χ0v) is 18.2. The van der Waals surface area contributed by atoms with E-state index in [1.807, 2.05) is 0 Å². The fourth-order valence-electron chi connectivity index (χ4n) is 2.63. The first-order valence-corrected chi connectivity index (χ1v) is 10.0. The van der Waals surface area contributed by atoms with Crippen LogP contribution < -0.4 is 4.74 Å². The maximum atomic E-state index is 13.4. The van der Waals surface area contributed by atoms with Crippen LogP contribution in [0.4, 0.5) is 35.1 Å². The number of carbonyl (C=O) groups excluding carboxylic acids is 2. The number of ether oxygens (including phenoxy) is 2. The summed E-state index contributed by atoms with van der Waals surface area (Å²) >= 11 is 12.1. The molecule has 2 aromatic rings. The van der Waals surface area contributed by atoms with E-state index in [0.29, 0.717) is 10.8 Å². The van der Waals surface area contributed by atoms with Gasteiger partial charge in [-0.1, -0.05) is 47.5 Å². The van der Waals surface area contributed by atoms with Crippen molar-refractivity contribution in [1.82, 2.24) is 0 Å². The van der Waals surface area contributed by atoms with Gasteiger partial charge in [-0.05, 0) is 12.5 Å². The average molecular weight is 541 g/mol. The van der Waals surface area contributed by atoms with E-state index >= 15 is 0 Å². The predicted molar refractivity (Wildman–Crippen MR) is 105 cm³/mol. The summed E-state index contributed by atoms with van der Waals surface area (Å²) in [4.78, 5) is 23.5. The molecule has 2 aromatic carbocycles. The molecule has 188 valence electrons. The monoisotopic (exact) mass is 540 g/mol. The minimum atomic E-state index is -6.49. The Bertz CT molecular complexity index is 1060. The van der Waals surface area contributed by atoms with E-state index in [0.717, 1.165) is 0 Å². The average Bonchev–Trinajstić information content (AvgIpc) is 2.75. The Balaban J connectivity index is 1.91. The summed E-state index contributed by atoms with van der Waals surface area (Å²) in [7, 11) is 0. The molecule has 0 heterocycles. The number of hydrogen-bond acceptors (Lipinski definition) is 4. The van der Waals surface area contributed by atoms with Gasteiger partial charge in [-0.25, -0.2) is 8.78 Å². The molecule has 0 saturated carbocycles. The second-order valence-corrected chi connectivity index (χ2v) is 7.72. The summed E-state index contributed by atoms with van der Waals surface area (Å²) in [5.41, 5.74) is 0. The van der Waals surface area contributed by atoms with Crippen molar-refractivity contribution < 1.29 is 54.2 Å². The first kappa shape index (κ1) is 27.9. The van der Waals surface area contributed by atoms with Crippen molar-refractivity contribution in [1.29, 1.82) is 0 Å². The number of hydrogen-bond donors (Lipinski definition) is 0. The molecule has 0 aliphatic carbocycles. The van der Waals surface area contributed by atoms with Crippen LogP contribution in [-0.2, 0) is 14.3 Å². The molecule has 0 amide bonds. The van der Waals surface area contributed by atoms with Gasteiger partial charge < -0.3 is 9.47 Å². The zero-order valence-electron chi connectivity index (χ0n) is 16.7. The summed E-state index contributed by atoms with van der Waals surface area (Å²) in [5.74, 6) is -21.1. The normalized spacial score (nSPS) is 12.8. The maximum absolute atomic E-state index is 13.4. The van der Waals surface area contributed by atoms with Gasteiger partial charge in [0.15, 0.2) is 12.4 Å². The van der Waals surface area contributed by atoms with Gasteiger partial charge in [0, 0.05) is 23.6 Å². The van der Waals surface area contributed by atoms with Crippen LogP contribution in [0.15, 0.2) is 30.3 Å². The molecule has 0 spiro atoms. The van der Waals surface area contributed by atoms with Gasteiger partial charge in [0.05, 0.1) is 10.0 Å². The van der Waals surface area contributed by atoms with Crippen LogP contribution in [0, 0.1) is 0 Å². The first-order chi connectivity index (χ1) is 15.6. The highest BCUT2D eigenvalue weighted by Gasteiger charge is 2.75. The SMILES string of the molecule is O=C(CCCC(=O)Oc1c(Cl)cc(Cl)c2ccccc12)OCC(F)(F)C(F)(F)C(F)(F)C(F)F. The number of carbonyl (C=O) groups is 2. The zero-order chi connectivity index (χ0) is 25.9. The van der Waals surface area contributed by atoms with Crippen LogP contribution in [0.5, 0.6) is 5.75 Å². The Kier molecular flexibility index (Phi) is 8.62. The summed E-state index contributed by atoms with van der Waals surface area (Å²) < 4.78 is 112. The van der Waals surface area contributed by atoms with Crippen LogP contribution >= 0.6 is 23.2 Å². The fraction of sp³-hybridized carbons (Fsp3) is 0.400. The molecule has 0 fully saturated rings. The van der Waals surface area contributed by atoms with E-state index in [9.17, 15) is 44.7 Å². The van der Waals surface area contributed by atoms with Crippen LogP contribution in [0.25, 0.3) is 10.8 Å². The molecule has 0 aliphatic rings. The summed E-state index contributed by atoms with van der Waals surface area (Å²) in [6.45, 7) is -2.57. The van der Waals surface area contributed by atoms with Gasteiger partial charge in [0.25, 0.3) is 0 Å². The smallest absolute Gasteiger partial charge is 0.381 e. The minimum Gasteiger partial charge on any atom is -0.459 e. The molecule has 14 heteroatoms. The standard InChI is InChI=1S/C20H14Cl2F8O4/c21-12-8-13(22)16(11-5-2-1-4-10(11)12)34-15(32)7-3-6-14(31)33-9-18(25,26)20(29,30)19(27,28)17(23)24/h1-2,4-5,8,17H,3,6-7,9H2. The Labute approximate surface area is 196 Å². The van der Waals surface area contributed by atoms with E-state index in [1.54, 1.807) is 24.3 Å². The Morgan fingerprint density at radius 3 is 2.03 bits per heavy atom. The van der Waals surface area contributed by atoms with Crippen LogP contribution in [0.3, 0.4) is 0 Å². The lowest BCUT2D eigenvalue weighted by Gasteiger charge is -2.31. The van der Waals surface area contributed by atoms with Gasteiger partial charge in [-0.3, -0.25) is 9.59 Å². The van der Waals surface area contributed by atoms with Gasteiger partial charge in [-0.15, -0.1) is 0 Å². The maximum Gasteiger partial charge on any atom is 0.381 e. The molecule has 0 saturated heterocycles. The topological polar surface area (TPSA) is 52.6 Å². The molecular formula is C20H14Cl2F8O4. The quantitative estimate of drug-likeness (QED) is 0.186. The van der Waals surface area contributed by atoms with Gasteiger partial charge >= 0.3 is 36.1 Å². The van der Waals surface area contributed by atoms with Gasteiger partial charge in [0.1, 0.15) is 0 Å². The van der Waals surface area contributed by atoms with E-state index in [1.165, 1.54) is 6.07 Å². The lowest BCUT2D eigenvalue weighted by molar-refractivity contribution is -0.344. The van der Waals surface area contributed by atoms with Crippen molar-refractivity contribution in [3.63, 3.8) is 0 Å². The number of benzene rings is 2. The largest absolute Gasteiger partial charge is 0.459 e. The van der Waals surface area contributed by atoms with E-state index in [4.69, 9.17) is 27.9 Å². The molecular weight excluding hydrogens is 527 g/mol. The number of esters is 2. The van der Waals surface area contributed by atoms with Gasteiger partial charge in [0.2, 0.25) is 0 Å². The third kappa shape index (κ3) is 5.83. The molecule has 0 bridgehead atoms. The van der Waals surface area contributed by atoms with Crippen molar-refractivity contribution in [3.8, 4) is 5.75 Å². The molecule has 4 nitrogen and oxygen atoms in total. The summed E-state index contributed by atoms with van der Waals surface area (Å²) in [5, 5.41) is 1.21. The van der Waals surface area contributed by atoms with Crippen molar-refractivity contribution in [3.05, 3.63) is 40.4 Å². The minimum absolute atomic E-state index is 0.000203. The number of halogens is 10. The molecule has 0 unspecified atom stereocenters. The lowest BCUT2D eigenvalue weighted by Crippen LogP contribution is -2.59. The Hall–Kier alpha value is -2.34. The molecule has 0 atom stereocenters. The molecule has 34 heavy (non-hydrogen) atoms. The highest BCUT2D eigenvalue weighted by atomic mass is 35.5. The summed E-state index contributed by atoms with van der Waals surface area (Å²) in [6, 6.07) is 7.84. The molecule has 0 N–H and O–H groups in total.